The molecule has 3 amide bonds. The molecule has 2 aliphatic heterocycles. The van der Waals surface area contributed by atoms with Crippen LogP contribution in [0.1, 0.15) is 35.4 Å². The van der Waals surface area contributed by atoms with Gasteiger partial charge in [0.25, 0.3) is 11.1 Å². The van der Waals surface area contributed by atoms with Crippen molar-refractivity contribution in [2.45, 2.75) is 33.6 Å². The van der Waals surface area contributed by atoms with E-state index < -0.39 is 5.91 Å². The SMILES string of the molecule is Cc1ccc(-n2c(C)cc(/C=C3\SC(=O)N(CC(=O)N4CCCC4)C3=O)c2C)cc1. The molecule has 2 fully saturated rings. The van der Waals surface area contributed by atoms with E-state index in [1.807, 2.05) is 19.9 Å². The number of aromatic nitrogens is 1. The third-order valence-corrected chi connectivity index (χ3v) is 6.58. The van der Waals surface area contributed by atoms with E-state index in [1.54, 1.807) is 11.0 Å². The maximum absolute atomic E-state index is 12.8. The first kappa shape index (κ1) is 20.5. The van der Waals surface area contributed by atoms with E-state index in [0.29, 0.717) is 18.0 Å². The molecule has 6 nitrogen and oxygen atoms in total. The Labute approximate surface area is 180 Å². The number of carbonyl (C=O) groups excluding carboxylic acids is 3. The highest BCUT2D eigenvalue weighted by Gasteiger charge is 2.37. The second kappa shape index (κ2) is 8.14. The van der Waals surface area contributed by atoms with Crippen LogP contribution in [-0.2, 0) is 9.59 Å². The molecule has 2 saturated heterocycles. The normalized spacial score (nSPS) is 18.2. The van der Waals surface area contributed by atoms with Crippen LogP contribution in [0.4, 0.5) is 4.79 Å². The van der Waals surface area contributed by atoms with Crippen LogP contribution in [0.2, 0.25) is 0 Å². The molecular formula is C23H25N3O3S. The quantitative estimate of drug-likeness (QED) is 0.696. The third-order valence-electron chi connectivity index (χ3n) is 5.67. The fourth-order valence-corrected chi connectivity index (χ4v) is 4.83. The van der Waals surface area contributed by atoms with Crippen molar-refractivity contribution in [1.29, 1.82) is 0 Å². The minimum atomic E-state index is -0.391. The summed E-state index contributed by atoms with van der Waals surface area (Å²) in [4.78, 5) is 40.8. The summed E-state index contributed by atoms with van der Waals surface area (Å²) in [6, 6.07) is 10.3. The summed E-state index contributed by atoms with van der Waals surface area (Å²) in [5.41, 5.74) is 5.19. The molecular weight excluding hydrogens is 398 g/mol. The Kier molecular flexibility index (Phi) is 5.56. The van der Waals surface area contributed by atoms with Gasteiger partial charge in [-0.3, -0.25) is 19.3 Å². The molecule has 3 heterocycles. The fraction of sp³-hybridized carbons (Fsp3) is 0.348. The van der Waals surface area contributed by atoms with Crippen LogP contribution in [0.15, 0.2) is 35.2 Å². The summed E-state index contributed by atoms with van der Waals surface area (Å²) in [7, 11) is 0. The maximum Gasteiger partial charge on any atom is 0.294 e. The van der Waals surface area contributed by atoms with Crippen molar-refractivity contribution in [1.82, 2.24) is 14.4 Å². The van der Waals surface area contributed by atoms with E-state index in [1.165, 1.54) is 5.56 Å². The number of carbonyl (C=O) groups is 3. The van der Waals surface area contributed by atoms with Crippen molar-refractivity contribution in [3.8, 4) is 5.69 Å². The Morgan fingerprint density at radius 3 is 2.40 bits per heavy atom. The van der Waals surface area contributed by atoms with E-state index >= 15 is 0 Å². The minimum absolute atomic E-state index is 0.159. The summed E-state index contributed by atoms with van der Waals surface area (Å²) in [6.45, 7) is 7.30. The van der Waals surface area contributed by atoms with Crippen LogP contribution >= 0.6 is 11.8 Å². The molecule has 30 heavy (non-hydrogen) atoms. The largest absolute Gasteiger partial charge is 0.341 e. The number of likely N-dealkylation sites (tertiary alicyclic amines) is 1. The molecule has 0 unspecified atom stereocenters. The first-order valence-electron chi connectivity index (χ1n) is 10.1. The number of aryl methyl sites for hydroxylation is 2. The zero-order valence-electron chi connectivity index (χ0n) is 17.5. The second-order valence-electron chi connectivity index (χ2n) is 7.85. The van der Waals surface area contributed by atoms with Gasteiger partial charge in [-0.15, -0.1) is 0 Å². The molecule has 0 atom stereocenters. The van der Waals surface area contributed by atoms with Crippen LogP contribution in [0, 0.1) is 20.8 Å². The molecule has 0 saturated carbocycles. The van der Waals surface area contributed by atoms with Crippen LogP contribution in [0.5, 0.6) is 0 Å². The van der Waals surface area contributed by atoms with E-state index in [-0.39, 0.29) is 17.7 Å². The molecule has 0 radical (unpaired) electrons. The van der Waals surface area contributed by atoms with Gasteiger partial charge >= 0.3 is 0 Å². The van der Waals surface area contributed by atoms with Gasteiger partial charge in [-0.05, 0) is 75.2 Å². The average Bonchev–Trinajstić information content (AvgIpc) is 3.40. The van der Waals surface area contributed by atoms with Crippen LogP contribution in [-0.4, -0.2) is 51.1 Å². The Morgan fingerprint density at radius 2 is 1.73 bits per heavy atom. The van der Waals surface area contributed by atoms with Crippen molar-refractivity contribution in [2.24, 2.45) is 0 Å². The smallest absolute Gasteiger partial charge is 0.294 e. The molecule has 156 valence electrons. The molecule has 7 heteroatoms. The molecule has 0 aliphatic carbocycles. The fourth-order valence-electron chi connectivity index (χ4n) is 4.00. The number of benzene rings is 1. The number of rotatable bonds is 4. The van der Waals surface area contributed by atoms with Crippen molar-refractivity contribution in [3.63, 3.8) is 0 Å². The molecule has 2 aliphatic rings. The van der Waals surface area contributed by atoms with Gasteiger partial charge < -0.3 is 9.47 Å². The first-order valence-corrected chi connectivity index (χ1v) is 11.0. The van der Waals surface area contributed by atoms with Crippen molar-refractivity contribution in [2.75, 3.05) is 19.6 Å². The zero-order chi connectivity index (χ0) is 21.4. The number of hydrogen-bond acceptors (Lipinski definition) is 4. The Hall–Kier alpha value is -2.80. The monoisotopic (exact) mass is 423 g/mol. The van der Waals surface area contributed by atoms with Crippen molar-refractivity contribution >= 4 is 34.9 Å². The molecule has 1 aromatic carbocycles. The predicted molar refractivity (Wildman–Crippen MR) is 118 cm³/mol. The topological polar surface area (TPSA) is 62.6 Å². The molecule has 1 aromatic heterocycles. The number of thioether (sulfide) groups is 1. The first-order chi connectivity index (χ1) is 14.3. The van der Waals surface area contributed by atoms with Crippen molar-refractivity contribution in [3.05, 3.63) is 57.8 Å². The molecule has 0 N–H and O–H groups in total. The Bertz CT molecular complexity index is 1050. The lowest BCUT2D eigenvalue weighted by atomic mass is 10.2. The minimum Gasteiger partial charge on any atom is -0.341 e. The average molecular weight is 424 g/mol. The lowest BCUT2D eigenvalue weighted by molar-refractivity contribution is -0.135. The molecule has 0 bridgehead atoms. The van der Waals surface area contributed by atoms with Crippen molar-refractivity contribution < 1.29 is 14.4 Å². The molecule has 0 spiro atoms. The summed E-state index contributed by atoms with van der Waals surface area (Å²) >= 11 is 0.901. The Balaban J connectivity index is 1.57. The highest BCUT2D eigenvalue weighted by molar-refractivity contribution is 8.18. The van der Waals surface area contributed by atoms with E-state index in [4.69, 9.17) is 0 Å². The third kappa shape index (κ3) is 3.81. The van der Waals surface area contributed by atoms with Gasteiger partial charge in [-0.1, -0.05) is 17.7 Å². The number of imide groups is 1. The van der Waals surface area contributed by atoms with Gasteiger partial charge in [0, 0.05) is 30.2 Å². The lowest BCUT2D eigenvalue weighted by Gasteiger charge is -2.18. The van der Waals surface area contributed by atoms with Gasteiger partial charge in [0.1, 0.15) is 6.54 Å². The zero-order valence-corrected chi connectivity index (χ0v) is 18.3. The summed E-state index contributed by atoms with van der Waals surface area (Å²) in [5.74, 6) is -0.550. The van der Waals surface area contributed by atoms with Gasteiger partial charge in [-0.2, -0.15) is 0 Å². The highest BCUT2D eigenvalue weighted by Crippen LogP contribution is 2.34. The molecule has 4 rings (SSSR count). The van der Waals surface area contributed by atoms with Gasteiger partial charge in [0.05, 0.1) is 4.91 Å². The predicted octanol–water partition coefficient (Wildman–Crippen LogP) is 4.06. The Morgan fingerprint density at radius 1 is 1.07 bits per heavy atom. The highest BCUT2D eigenvalue weighted by atomic mass is 32.2. The standard InChI is InChI=1S/C23H25N3O3S/c1-15-6-8-19(9-7-15)26-16(2)12-18(17(26)3)13-20-22(28)25(23(29)30-20)14-21(27)24-10-4-5-11-24/h6-9,12-13H,4-5,10-11,14H2,1-3H3/b20-13-. The number of amides is 3. The van der Waals surface area contributed by atoms with Crippen LogP contribution < -0.4 is 0 Å². The maximum atomic E-state index is 12.8. The van der Waals surface area contributed by atoms with Crippen LogP contribution in [0.3, 0.4) is 0 Å². The van der Waals surface area contributed by atoms with Gasteiger partial charge in [0.15, 0.2) is 0 Å². The van der Waals surface area contributed by atoms with E-state index in [0.717, 1.165) is 52.1 Å². The molecule has 2 aromatic rings. The second-order valence-corrected chi connectivity index (χ2v) is 8.85. The summed E-state index contributed by atoms with van der Waals surface area (Å²) < 4.78 is 2.13. The summed E-state index contributed by atoms with van der Waals surface area (Å²) in [5, 5.41) is -0.383. The number of hydrogen-bond donors (Lipinski definition) is 0. The number of nitrogens with zero attached hydrogens (tertiary/aromatic N) is 3. The van der Waals surface area contributed by atoms with Gasteiger partial charge in [0.2, 0.25) is 5.91 Å². The summed E-state index contributed by atoms with van der Waals surface area (Å²) in [6.07, 6.45) is 3.71. The van der Waals surface area contributed by atoms with Gasteiger partial charge in [-0.25, -0.2) is 0 Å². The van der Waals surface area contributed by atoms with Crippen LogP contribution in [0.25, 0.3) is 11.8 Å². The lowest BCUT2D eigenvalue weighted by Crippen LogP contribution is -2.40. The van der Waals surface area contributed by atoms with E-state index in [9.17, 15) is 14.4 Å². The van der Waals surface area contributed by atoms with E-state index in [2.05, 4.69) is 35.8 Å².